The summed E-state index contributed by atoms with van der Waals surface area (Å²) >= 11 is 2.57. The second kappa shape index (κ2) is 8.15. The third kappa shape index (κ3) is 5.54. The SMILES string of the molecule is CCON=Cc1csc(SCCC(F)=C(F)F)n1. The fraction of sp³-hybridized carbons (Fsp3) is 0.400. The van der Waals surface area contributed by atoms with Gasteiger partial charge in [0, 0.05) is 17.6 Å². The van der Waals surface area contributed by atoms with Crippen LogP contribution in [0.2, 0.25) is 0 Å². The Morgan fingerprint density at radius 2 is 2.33 bits per heavy atom. The van der Waals surface area contributed by atoms with Crippen LogP contribution in [0.1, 0.15) is 19.0 Å². The molecule has 100 valence electrons. The van der Waals surface area contributed by atoms with E-state index in [1.54, 1.807) is 5.38 Å². The van der Waals surface area contributed by atoms with E-state index in [9.17, 15) is 13.2 Å². The molecule has 0 saturated heterocycles. The Labute approximate surface area is 111 Å². The molecule has 0 aromatic carbocycles. The highest BCUT2D eigenvalue weighted by atomic mass is 32.2. The van der Waals surface area contributed by atoms with Crippen LogP contribution in [0.3, 0.4) is 0 Å². The topological polar surface area (TPSA) is 34.5 Å². The predicted molar refractivity (Wildman–Crippen MR) is 67.0 cm³/mol. The van der Waals surface area contributed by atoms with Crippen molar-refractivity contribution in [3.8, 4) is 0 Å². The third-order valence-electron chi connectivity index (χ3n) is 1.64. The van der Waals surface area contributed by atoms with Gasteiger partial charge in [0.1, 0.15) is 6.61 Å². The van der Waals surface area contributed by atoms with Crippen molar-refractivity contribution in [2.75, 3.05) is 12.4 Å². The Balaban J connectivity index is 2.38. The zero-order chi connectivity index (χ0) is 13.4. The summed E-state index contributed by atoms with van der Waals surface area (Å²) in [7, 11) is 0. The first-order valence-corrected chi connectivity index (χ1v) is 6.93. The molecule has 1 rings (SSSR count). The van der Waals surface area contributed by atoms with Crippen molar-refractivity contribution < 1.29 is 18.0 Å². The summed E-state index contributed by atoms with van der Waals surface area (Å²) in [5, 5.41) is 5.41. The number of nitrogens with zero attached hydrogens (tertiary/aromatic N) is 2. The molecule has 1 aromatic heterocycles. The maximum absolute atomic E-state index is 12.5. The van der Waals surface area contributed by atoms with Crippen LogP contribution >= 0.6 is 23.1 Å². The average molecular weight is 296 g/mol. The molecule has 0 spiro atoms. The van der Waals surface area contributed by atoms with Gasteiger partial charge in [0.2, 0.25) is 0 Å². The molecule has 0 N–H and O–H groups in total. The van der Waals surface area contributed by atoms with Gasteiger partial charge in [0.15, 0.2) is 10.2 Å². The second-order valence-electron chi connectivity index (χ2n) is 2.95. The molecule has 0 radical (unpaired) electrons. The van der Waals surface area contributed by atoms with Crippen LogP contribution in [-0.4, -0.2) is 23.6 Å². The van der Waals surface area contributed by atoms with Crippen LogP contribution in [0.5, 0.6) is 0 Å². The number of rotatable bonds is 7. The summed E-state index contributed by atoms with van der Waals surface area (Å²) in [6.45, 7) is 2.29. The monoisotopic (exact) mass is 296 g/mol. The molecule has 0 aliphatic heterocycles. The Bertz CT molecular complexity index is 431. The summed E-state index contributed by atoms with van der Waals surface area (Å²) in [6.07, 6.45) is -1.08. The Kier molecular flexibility index (Phi) is 6.81. The van der Waals surface area contributed by atoms with Gasteiger partial charge in [-0.15, -0.1) is 11.3 Å². The zero-order valence-corrected chi connectivity index (χ0v) is 11.2. The van der Waals surface area contributed by atoms with Gasteiger partial charge in [-0.3, -0.25) is 0 Å². The van der Waals surface area contributed by atoms with E-state index in [2.05, 4.69) is 10.1 Å². The van der Waals surface area contributed by atoms with Gasteiger partial charge in [0.25, 0.3) is 0 Å². The minimum atomic E-state index is -2.25. The van der Waals surface area contributed by atoms with Crippen LogP contribution in [-0.2, 0) is 4.84 Å². The molecule has 3 nitrogen and oxygen atoms in total. The normalized spacial score (nSPS) is 10.9. The van der Waals surface area contributed by atoms with Gasteiger partial charge in [-0.1, -0.05) is 16.9 Å². The Morgan fingerprint density at radius 3 is 3.00 bits per heavy atom. The molecule has 8 heteroatoms. The molecule has 0 aliphatic carbocycles. The maximum atomic E-state index is 12.5. The Morgan fingerprint density at radius 1 is 1.56 bits per heavy atom. The van der Waals surface area contributed by atoms with E-state index in [-0.39, 0.29) is 12.2 Å². The molecular weight excluding hydrogens is 285 g/mol. The number of allylic oxidation sites excluding steroid dienone is 1. The van der Waals surface area contributed by atoms with Gasteiger partial charge in [-0.25, -0.2) is 9.37 Å². The molecule has 0 fully saturated rings. The highest BCUT2D eigenvalue weighted by Gasteiger charge is 2.06. The number of hydrogen-bond acceptors (Lipinski definition) is 5. The van der Waals surface area contributed by atoms with Crippen molar-refractivity contribution >= 4 is 29.3 Å². The van der Waals surface area contributed by atoms with Crippen LogP contribution in [0, 0.1) is 0 Å². The van der Waals surface area contributed by atoms with E-state index < -0.39 is 11.9 Å². The van der Waals surface area contributed by atoms with Crippen LogP contribution in [0.25, 0.3) is 0 Å². The fourth-order valence-corrected chi connectivity index (χ4v) is 2.67. The lowest BCUT2D eigenvalue weighted by Gasteiger charge is -1.95. The molecule has 0 atom stereocenters. The molecule has 0 amide bonds. The number of aromatic nitrogens is 1. The highest BCUT2D eigenvalue weighted by Crippen LogP contribution is 2.25. The molecule has 18 heavy (non-hydrogen) atoms. The highest BCUT2D eigenvalue weighted by molar-refractivity contribution is 8.01. The van der Waals surface area contributed by atoms with Crippen molar-refractivity contribution in [3.63, 3.8) is 0 Å². The van der Waals surface area contributed by atoms with Crippen molar-refractivity contribution in [3.05, 3.63) is 23.0 Å². The van der Waals surface area contributed by atoms with Crippen molar-refractivity contribution in [2.24, 2.45) is 5.16 Å². The smallest absolute Gasteiger partial charge is 0.301 e. The number of thioether (sulfide) groups is 1. The van der Waals surface area contributed by atoms with Gasteiger partial charge >= 0.3 is 6.08 Å². The molecule has 0 saturated carbocycles. The summed E-state index contributed by atoms with van der Waals surface area (Å²) in [4.78, 5) is 8.92. The molecular formula is C10H11F3N2OS2. The molecule has 0 unspecified atom stereocenters. The third-order valence-corrected chi connectivity index (χ3v) is 3.68. The first kappa shape index (κ1) is 15.0. The first-order valence-electron chi connectivity index (χ1n) is 5.06. The number of hydrogen-bond donors (Lipinski definition) is 0. The molecule has 1 heterocycles. The van der Waals surface area contributed by atoms with Gasteiger partial charge < -0.3 is 4.84 Å². The van der Waals surface area contributed by atoms with E-state index in [1.165, 1.54) is 29.3 Å². The fourth-order valence-electron chi connectivity index (χ4n) is 0.883. The predicted octanol–water partition coefficient (Wildman–Crippen LogP) is 4.07. The van der Waals surface area contributed by atoms with Gasteiger partial charge in [0.05, 0.1) is 11.9 Å². The summed E-state index contributed by atoms with van der Waals surface area (Å²) in [6, 6.07) is 0. The summed E-state index contributed by atoms with van der Waals surface area (Å²) < 4.78 is 36.7. The van der Waals surface area contributed by atoms with Crippen LogP contribution in [0.4, 0.5) is 13.2 Å². The summed E-state index contributed by atoms with van der Waals surface area (Å²) in [5.74, 6) is -1.14. The lowest BCUT2D eigenvalue weighted by atomic mass is 10.4. The number of halogens is 3. The number of thiazole rings is 1. The van der Waals surface area contributed by atoms with E-state index in [0.717, 1.165) is 0 Å². The van der Waals surface area contributed by atoms with Crippen molar-refractivity contribution in [1.82, 2.24) is 4.98 Å². The molecule has 0 aliphatic rings. The van der Waals surface area contributed by atoms with Crippen molar-refractivity contribution in [1.29, 1.82) is 0 Å². The van der Waals surface area contributed by atoms with E-state index >= 15 is 0 Å². The quantitative estimate of drug-likeness (QED) is 0.432. The standard InChI is InChI=1S/C10H11F3N2OS2/c1-2-16-14-5-7-6-18-10(15-7)17-4-3-8(11)9(12)13/h5-6H,2-4H2,1H3. The minimum absolute atomic E-state index is 0.221. The van der Waals surface area contributed by atoms with Crippen LogP contribution < -0.4 is 0 Å². The van der Waals surface area contributed by atoms with E-state index in [1.807, 2.05) is 6.92 Å². The molecule has 0 bridgehead atoms. The lowest BCUT2D eigenvalue weighted by Crippen LogP contribution is -1.85. The maximum Gasteiger partial charge on any atom is 0.301 e. The Hall–Kier alpha value is -1.02. The van der Waals surface area contributed by atoms with E-state index in [4.69, 9.17) is 4.84 Å². The first-order chi connectivity index (χ1) is 8.63. The van der Waals surface area contributed by atoms with Gasteiger partial charge in [-0.2, -0.15) is 8.78 Å². The van der Waals surface area contributed by atoms with Crippen LogP contribution in [0.15, 0.2) is 26.8 Å². The molecule has 1 aromatic rings. The minimum Gasteiger partial charge on any atom is -0.396 e. The average Bonchev–Trinajstić information content (AvgIpc) is 2.77. The largest absolute Gasteiger partial charge is 0.396 e. The van der Waals surface area contributed by atoms with Crippen molar-refractivity contribution in [2.45, 2.75) is 17.7 Å². The lowest BCUT2D eigenvalue weighted by molar-refractivity contribution is 0.160. The zero-order valence-electron chi connectivity index (χ0n) is 9.53. The summed E-state index contributed by atoms with van der Waals surface area (Å²) in [5.41, 5.74) is 0.628. The number of oxime groups is 1. The van der Waals surface area contributed by atoms with E-state index in [0.29, 0.717) is 16.6 Å². The van der Waals surface area contributed by atoms with Gasteiger partial charge in [-0.05, 0) is 6.92 Å². The second-order valence-corrected chi connectivity index (χ2v) is 5.15.